The van der Waals surface area contributed by atoms with E-state index in [9.17, 15) is 10.1 Å². The quantitative estimate of drug-likeness (QED) is 0.634. The summed E-state index contributed by atoms with van der Waals surface area (Å²) in [7, 11) is 0. The van der Waals surface area contributed by atoms with E-state index in [1.165, 1.54) is 12.8 Å². The van der Waals surface area contributed by atoms with Gasteiger partial charge in [0.05, 0.1) is 4.92 Å². The molecule has 0 radical (unpaired) electrons. The van der Waals surface area contributed by atoms with Crippen LogP contribution in [0.5, 0.6) is 0 Å². The minimum atomic E-state index is -0.314. The zero-order valence-corrected chi connectivity index (χ0v) is 11.0. The predicted molar refractivity (Wildman–Crippen MR) is 73.0 cm³/mol. The van der Waals surface area contributed by atoms with E-state index in [-0.39, 0.29) is 10.6 Å². The van der Waals surface area contributed by atoms with E-state index in [0.717, 1.165) is 24.2 Å². The van der Waals surface area contributed by atoms with Gasteiger partial charge in [-0.2, -0.15) is 0 Å². The second kappa shape index (κ2) is 5.38. The number of nitro groups is 1. The molecule has 18 heavy (non-hydrogen) atoms. The molecule has 4 nitrogen and oxygen atoms in total. The Kier molecular flexibility index (Phi) is 3.84. The van der Waals surface area contributed by atoms with Crippen LogP contribution in [0.1, 0.15) is 44.6 Å². The van der Waals surface area contributed by atoms with Crippen molar-refractivity contribution in [1.29, 1.82) is 0 Å². The summed E-state index contributed by atoms with van der Waals surface area (Å²) in [5.41, 5.74) is 2.38. The number of nitrogens with zero attached hydrogens (tertiary/aromatic N) is 1. The molecule has 1 aromatic rings. The third-order valence-electron chi connectivity index (χ3n) is 3.69. The van der Waals surface area contributed by atoms with Crippen molar-refractivity contribution in [3.05, 3.63) is 33.9 Å². The van der Waals surface area contributed by atoms with Gasteiger partial charge in [-0.1, -0.05) is 26.7 Å². The van der Waals surface area contributed by atoms with Crippen molar-refractivity contribution in [2.45, 2.75) is 39.0 Å². The molecule has 0 aromatic heterocycles. The van der Waals surface area contributed by atoms with E-state index < -0.39 is 0 Å². The highest BCUT2D eigenvalue weighted by molar-refractivity contribution is 5.61. The number of benzene rings is 1. The molecule has 2 unspecified atom stereocenters. The fraction of sp³-hybridized carbons (Fsp3) is 0.571. The zero-order chi connectivity index (χ0) is 13.1. The van der Waals surface area contributed by atoms with Crippen molar-refractivity contribution >= 4 is 11.4 Å². The van der Waals surface area contributed by atoms with Crippen LogP contribution in [-0.4, -0.2) is 11.5 Å². The standard InChI is InChI=1S/C14H20N2O2/c1-3-4-10(2)7-11-9-15-14-6-5-12(16(17)18)8-13(11)14/h5-6,8,10-11,15H,3-4,7,9H2,1-2H3. The molecule has 1 aromatic carbocycles. The third-order valence-corrected chi connectivity index (χ3v) is 3.69. The van der Waals surface area contributed by atoms with E-state index in [2.05, 4.69) is 19.2 Å². The molecule has 1 heterocycles. The van der Waals surface area contributed by atoms with Gasteiger partial charge >= 0.3 is 0 Å². The van der Waals surface area contributed by atoms with Crippen molar-refractivity contribution in [3.8, 4) is 0 Å². The molecule has 2 atom stereocenters. The molecule has 1 aliphatic rings. The van der Waals surface area contributed by atoms with Crippen LogP contribution in [0, 0.1) is 16.0 Å². The average Bonchev–Trinajstić information content (AvgIpc) is 2.72. The Balaban J connectivity index is 2.15. The van der Waals surface area contributed by atoms with Crippen LogP contribution in [0.25, 0.3) is 0 Å². The summed E-state index contributed by atoms with van der Waals surface area (Å²) in [5, 5.41) is 14.2. The van der Waals surface area contributed by atoms with E-state index in [1.807, 2.05) is 6.07 Å². The largest absolute Gasteiger partial charge is 0.384 e. The molecule has 2 rings (SSSR count). The fourth-order valence-corrected chi connectivity index (χ4v) is 2.81. The number of hydrogen-bond donors (Lipinski definition) is 1. The van der Waals surface area contributed by atoms with Crippen molar-refractivity contribution < 1.29 is 4.92 Å². The maximum atomic E-state index is 10.8. The first kappa shape index (κ1) is 12.9. The van der Waals surface area contributed by atoms with Gasteiger partial charge in [0, 0.05) is 30.3 Å². The predicted octanol–water partition coefficient (Wildman–Crippen LogP) is 3.93. The SMILES string of the molecule is CCCC(C)CC1CNc2ccc([N+](=O)[O-])cc21. The first-order chi connectivity index (χ1) is 8.61. The summed E-state index contributed by atoms with van der Waals surface area (Å²) in [5.74, 6) is 1.09. The van der Waals surface area contributed by atoms with Gasteiger partial charge in [0.1, 0.15) is 0 Å². The number of nitro benzene ring substituents is 1. The van der Waals surface area contributed by atoms with Crippen molar-refractivity contribution in [3.63, 3.8) is 0 Å². The molecule has 0 saturated carbocycles. The maximum Gasteiger partial charge on any atom is 0.269 e. The number of non-ortho nitro benzene ring substituents is 1. The highest BCUT2D eigenvalue weighted by Gasteiger charge is 2.25. The normalized spacial score (nSPS) is 19.1. The molecular weight excluding hydrogens is 228 g/mol. The summed E-state index contributed by atoms with van der Waals surface area (Å²) in [6.07, 6.45) is 3.53. The van der Waals surface area contributed by atoms with Gasteiger partial charge in [0.2, 0.25) is 0 Å². The summed E-state index contributed by atoms with van der Waals surface area (Å²) >= 11 is 0. The van der Waals surface area contributed by atoms with Crippen LogP contribution in [0.3, 0.4) is 0 Å². The molecule has 0 bridgehead atoms. The smallest absolute Gasteiger partial charge is 0.269 e. The average molecular weight is 248 g/mol. The van der Waals surface area contributed by atoms with E-state index >= 15 is 0 Å². The Morgan fingerprint density at radius 1 is 1.56 bits per heavy atom. The van der Waals surface area contributed by atoms with E-state index in [1.54, 1.807) is 12.1 Å². The molecule has 4 heteroatoms. The van der Waals surface area contributed by atoms with Crippen LogP contribution in [0.4, 0.5) is 11.4 Å². The van der Waals surface area contributed by atoms with Crippen molar-refractivity contribution in [2.75, 3.05) is 11.9 Å². The van der Waals surface area contributed by atoms with Crippen LogP contribution in [0.2, 0.25) is 0 Å². The summed E-state index contributed by atoms with van der Waals surface area (Å²) in [6, 6.07) is 5.14. The van der Waals surface area contributed by atoms with Crippen molar-refractivity contribution in [2.24, 2.45) is 5.92 Å². The molecule has 0 saturated heterocycles. The summed E-state index contributed by atoms with van der Waals surface area (Å²) in [6.45, 7) is 5.37. The molecule has 98 valence electrons. The second-order valence-corrected chi connectivity index (χ2v) is 5.24. The van der Waals surface area contributed by atoms with E-state index in [0.29, 0.717) is 11.8 Å². The lowest BCUT2D eigenvalue weighted by Crippen LogP contribution is -2.07. The second-order valence-electron chi connectivity index (χ2n) is 5.24. The van der Waals surface area contributed by atoms with Gasteiger partial charge in [-0.25, -0.2) is 0 Å². The topological polar surface area (TPSA) is 55.2 Å². The first-order valence-corrected chi connectivity index (χ1v) is 6.64. The molecule has 0 spiro atoms. The van der Waals surface area contributed by atoms with Crippen LogP contribution < -0.4 is 5.32 Å². The number of rotatable bonds is 5. The van der Waals surface area contributed by atoms with Gasteiger partial charge in [-0.15, -0.1) is 0 Å². The van der Waals surface area contributed by atoms with Gasteiger partial charge in [0.15, 0.2) is 0 Å². The van der Waals surface area contributed by atoms with Gasteiger partial charge in [0.25, 0.3) is 5.69 Å². The summed E-state index contributed by atoms with van der Waals surface area (Å²) in [4.78, 5) is 10.5. The lowest BCUT2D eigenvalue weighted by molar-refractivity contribution is -0.384. The Bertz CT molecular complexity index is 445. The molecule has 0 aliphatic carbocycles. The van der Waals surface area contributed by atoms with Crippen LogP contribution >= 0.6 is 0 Å². The Hall–Kier alpha value is -1.58. The van der Waals surface area contributed by atoms with Crippen LogP contribution in [0.15, 0.2) is 18.2 Å². The third kappa shape index (κ3) is 2.63. The molecule has 1 N–H and O–H groups in total. The number of nitrogens with one attached hydrogen (secondary N) is 1. The monoisotopic (exact) mass is 248 g/mol. The fourth-order valence-electron chi connectivity index (χ4n) is 2.81. The Morgan fingerprint density at radius 2 is 2.33 bits per heavy atom. The lowest BCUT2D eigenvalue weighted by Gasteiger charge is -2.15. The number of fused-ring (bicyclic) bond motifs is 1. The number of hydrogen-bond acceptors (Lipinski definition) is 3. The maximum absolute atomic E-state index is 10.8. The van der Waals surface area contributed by atoms with Gasteiger partial charge in [-0.05, 0) is 24.0 Å². The molecule has 0 fully saturated rings. The lowest BCUT2D eigenvalue weighted by atomic mass is 9.89. The van der Waals surface area contributed by atoms with Crippen molar-refractivity contribution in [1.82, 2.24) is 0 Å². The Labute approximate surface area is 108 Å². The Morgan fingerprint density at radius 3 is 3.00 bits per heavy atom. The number of anilines is 1. The minimum Gasteiger partial charge on any atom is -0.384 e. The van der Waals surface area contributed by atoms with Crippen LogP contribution in [-0.2, 0) is 0 Å². The highest BCUT2D eigenvalue weighted by atomic mass is 16.6. The zero-order valence-electron chi connectivity index (χ0n) is 11.0. The summed E-state index contributed by atoms with van der Waals surface area (Å²) < 4.78 is 0. The molecule has 0 amide bonds. The first-order valence-electron chi connectivity index (χ1n) is 6.64. The molecule has 1 aliphatic heterocycles. The highest BCUT2D eigenvalue weighted by Crippen LogP contribution is 2.38. The minimum absolute atomic E-state index is 0.200. The molecular formula is C14H20N2O2. The van der Waals surface area contributed by atoms with Gasteiger partial charge in [-0.3, -0.25) is 10.1 Å². The van der Waals surface area contributed by atoms with E-state index in [4.69, 9.17) is 0 Å². The van der Waals surface area contributed by atoms with Gasteiger partial charge < -0.3 is 5.32 Å².